The van der Waals surface area contributed by atoms with E-state index in [0.29, 0.717) is 24.3 Å². The van der Waals surface area contributed by atoms with E-state index < -0.39 is 5.97 Å². The highest BCUT2D eigenvalue weighted by Gasteiger charge is 2.31. The van der Waals surface area contributed by atoms with Crippen molar-refractivity contribution in [2.45, 2.75) is 32.3 Å². The number of carbonyl (C=O) groups excluding carboxylic acids is 1. The molecule has 0 bridgehead atoms. The van der Waals surface area contributed by atoms with Gasteiger partial charge in [-0.1, -0.05) is 0 Å². The maximum absolute atomic E-state index is 11.1. The van der Waals surface area contributed by atoms with Gasteiger partial charge in [-0.05, 0) is 25.7 Å². The van der Waals surface area contributed by atoms with Crippen molar-refractivity contribution >= 4 is 5.97 Å². The normalized spacial score (nSPS) is 23.2. The minimum Gasteiger partial charge on any atom is -0.462 e. The number of hydrogen-bond donors (Lipinski definition) is 0. The van der Waals surface area contributed by atoms with Gasteiger partial charge >= 0.3 is 11.9 Å². The second-order valence-electron chi connectivity index (χ2n) is 4.11. The maximum Gasteiger partial charge on any atom is 0.396 e. The van der Waals surface area contributed by atoms with Crippen LogP contribution in [0.2, 0.25) is 0 Å². The number of hydrogen-bond acceptors (Lipinski definition) is 6. The van der Waals surface area contributed by atoms with Gasteiger partial charge in [-0.25, -0.2) is 4.79 Å². The molecule has 94 valence electrons. The number of aromatic nitrogens is 2. The summed E-state index contributed by atoms with van der Waals surface area (Å²) in [6.45, 7) is 2.75. The van der Waals surface area contributed by atoms with Crippen molar-refractivity contribution in [2.75, 3.05) is 13.7 Å². The van der Waals surface area contributed by atoms with E-state index in [9.17, 15) is 4.79 Å². The van der Waals surface area contributed by atoms with Crippen LogP contribution in [0.1, 0.15) is 36.3 Å². The van der Waals surface area contributed by atoms with Crippen LogP contribution in [0.3, 0.4) is 0 Å². The summed E-state index contributed by atoms with van der Waals surface area (Å²) in [6.07, 6.45) is 3.11. The number of ether oxygens (including phenoxy) is 2. The van der Waals surface area contributed by atoms with Crippen LogP contribution in [0.15, 0.2) is 4.42 Å². The van der Waals surface area contributed by atoms with Crippen LogP contribution in [0, 0.1) is 5.92 Å². The molecule has 0 amide bonds. The van der Waals surface area contributed by atoms with Crippen molar-refractivity contribution in [2.24, 2.45) is 5.92 Å². The number of esters is 1. The largest absolute Gasteiger partial charge is 0.462 e. The molecule has 1 aromatic heterocycles. The third-order valence-electron chi connectivity index (χ3n) is 2.88. The van der Waals surface area contributed by atoms with E-state index >= 15 is 0 Å². The molecule has 1 fully saturated rings. The first-order chi connectivity index (χ1) is 8.22. The fourth-order valence-electron chi connectivity index (χ4n) is 1.97. The predicted molar refractivity (Wildman–Crippen MR) is 57.5 cm³/mol. The second kappa shape index (κ2) is 5.27. The van der Waals surface area contributed by atoms with Gasteiger partial charge in [0.05, 0.1) is 13.2 Å². The molecule has 0 atom stereocenters. The SMILES string of the molecule is CCOC1CC(Cc2nnc(C(=O)OC)o2)C1. The molecule has 6 heteroatoms. The van der Waals surface area contributed by atoms with Crippen LogP contribution in [0.25, 0.3) is 0 Å². The fraction of sp³-hybridized carbons (Fsp3) is 0.727. The average molecular weight is 240 g/mol. The Labute approximate surface area is 99.3 Å². The van der Waals surface area contributed by atoms with Crippen molar-refractivity contribution in [3.8, 4) is 0 Å². The zero-order valence-electron chi connectivity index (χ0n) is 10.0. The Hall–Kier alpha value is -1.43. The van der Waals surface area contributed by atoms with Gasteiger partial charge in [0, 0.05) is 13.0 Å². The Morgan fingerprint density at radius 3 is 2.88 bits per heavy atom. The molecule has 0 saturated heterocycles. The summed E-state index contributed by atoms with van der Waals surface area (Å²) in [7, 11) is 1.28. The van der Waals surface area contributed by atoms with Gasteiger partial charge in [0.25, 0.3) is 0 Å². The molecular weight excluding hydrogens is 224 g/mol. The van der Waals surface area contributed by atoms with Crippen LogP contribution in [0.5, 0.6) is 0 Å². The molecule has 0 aliphatic heterocycles. The van der Waals surface area contributed by atoms with Crippen LogP contribution >= 0.6 is 0 Å². The van der Waals surface area contributed by atoms with Gasteiger partial charge in [-0.3, -0.25) is 0 Å². The van der Waals surface area contributed by atoms with Crippen molar-refractivity contribution in [1.29, 1.82) is 0 Å². The molecule has 0 N–H and O–H groups in total. The first-order valence-corrected chi connectivity index (χ1v) is 5.75. The minimum atomic E-state index is -0.593. The molecule has 0 radical (unpaired) electrons. The molecule has 1 saturated carbocycles. The van der Waals surface area contributed by atoms with E-state index in [1.54, 1.807) is 0 Å². The average Bonchev–Trinajstić information content (AvgIpc) is 2.74. The van der Waals surface area contributed by atoms with Gasteiger partial charge in [0.2, 0.25) is 5.89 Å². The highest BCUT2D eigenvalue weighted by molar-refractivity contribution is 5.83. The van der Waals surface area contributed by atoms with Crippen molar-refractivity contribution < 1.29 is 18.7 Å². The first kappa shape index (κ1) is 12.0. The number of rotatable bonds is 5. The predicted octanol–water partition coefficient (Wildman–Crippen LogP) is 1.21. The van der Waals surface area contributed by atoms with E-state index in [-0.39, 0.29) is 5.89 Å². The molecule has 2 rings (SSSR count). The van der Waals surface area contributed by atoms with Crippen LogP contribution < -0.4 is 0 Å². The standard InChI is InChI=1S/C11H16N2O4/c1-3-16-8-4-7(5-8)6-9-12-13-10(17-9)11(14)15-2/h7-8H,3-6H2,1-2H3. The van der Waals surface area contributed by atoms with Gasteiger partial charge in [-0.2, -0.15) is 0 Å². The molecule has 0 spiro atoms. The Morgan fingerprint density at radius 2 is 2.24 bits per heavy atom. The molecule has 0 aromatic carbocycles. The Morgan fingerprint density at radius 1 is 1.47 bits per heavy atom. The second-order valence-corrected chi connectivity index (χ2v) is 4.11. The van der Waals surface area contributed by atoms with Gasteiger partial charge in [0.1, 0.15) is 0 Å². The molecule has 1 aliphatic rings. The van der Waals surface area contributed by atoms with Crippen LogP contribution in [-0.4, -0.2) is 36.0 Å². The third kappa shape index (κ3) is 2.82. The number of carbonyl (C=O) groups is 1. The lowest BCUT2D eigenvalue weighted by atomic mass is 9.80. The topological polar surface area (TPSA) is 74.5 Å². The molecular formula is C11H16N2O4. The van der Waals surface area contributed by atoms with E-state index in [2.05, 4.69) is 14.9 Å². The summed E-state index contributed by atoms with van der Waals surface area (Å²) < 4.78 is 15.2. The molecule has 17 heavy (non-hydrogen) atoms. The Bertz CT molecular complexity index is 385. The fourth-order valence-corrected chi connectivity index (χ4v) is 1.97. The summed E-state index contributed by atoms with van der Waals surface area (Å²) in [5.74, 6) is 0.329. The molecule has 1 heterocycles. The zero-order valence-corrected chi connectivity index (χ0v) is 10.0. The van der Waals surface area contributed by atoms with Gasteiger partial charge in [0.15, 0.2) is 0 Å². The van der Waals surface area contributed by atoms with Gasteiger partial charge in [-0.15, -0.1) is 10.2 Å². The molecule has 1 aliphatic carbocycles. The highest BCUT2D eigenvalue weighted by atomic mass is 16.5. The maximum atomic E-state index is 11.1. The van der Waals surface area contributed by atoms with Crippen molar-refractivity contribution in [3.63, 3.8) is 0 Å². The summed E-state index contributed by atoms with van der Waals surface area (Å²) in [4.78, 5) is 11.1. The van der Waals surface area contributed by atoms with Crippen molar-refractivity contribution in [1.82, 2.24) is 10.2 Å². The summed E-state index contributed by atoms with van der Waals surface area (Å²) >= 11 is 0. The molecule has 6 nitrogen and oxygen atoms in total. The van der Waals surface area contributed by atoms with Crippen LogP contribution in [-0.2, 0) is 15.9 Å². The summed E-state index contributed by atoms with van der Waals surface area (Å²) in [5, 5.41) is 7.45. The molecule has 0 unspecified atom stereocenters. The number of nitrogens with zero attached hydrogens (tertiary/aromatic N) is 2. The number of methoxy groups -OCH3 is 1. The van der Waals surface area contributed by atoms with E-state index in [1.807, 2.05) is 6.92 Å². The summed E-state index contributed by atoms with van der Waals surface area (Å²) in [6, 6.07) is 0. The lowest BCUT2D eigenvalue weighted by Gasteiger charge is -2.33. The lowest BCUT2D eigenvalue weighted by Crippen LogP contribution is -2.32. The minimum absolute atomic E-state index is 0.0804. The Balaban J connectivity index is 1.81. The van der Waals surface area contributed by atoms with E-state index in [1.165, 1.54) is 7.11 Å². The quantitative estimate of drug-likeness (QED) is 0.720. The zero-order chi connectivity index (χ0) is 12.3. The van der Waals surface area contributed by atoms with Crippen molar-refractivity contribution in [3.05, 3.63) is 11.8 Å². The lowest BCUT2D eigenvalue weighted by molar-refractivity contribution is -0.0256. The Kier molecular flexibility index (Phi) is 3.73. The smallest absolute Gasteiger partial charge is 0.396 e. The van der Waals surface area contributed by atoms with E-state index in [4.69, 9.17) is 9.15 Å². The third-order valence-corrected chi connectivity index (χ3v) is 2.88. The monoisotopic (exact) mass is 240 g/mol. The molecule has 1 aromatic rings. The van der Waals surface area contributed by atoms with Crippen LogP contribution in [0.4, 0.5) is 0 Å². The van der Waals surface area contributed by atoms with E-state index in [0.717, 1.165) is 19.4 Å². The van der Waals surface area contributed by atoms with Gasteiger partial charge < -0.3 is 13.9 Å². The summed E-state index contributed by atoms with van der Waals surface area (Å²) in [5.41, 5.74) is 0. The highest BCUT2D eigenvalue weighted by Crippen LogP contribution is 2.32. The first-order valence-electron chi connectivity index (χ1n) is 5.75.